The zero-order chi connectivity index (χ0) is 21.7. The monoisotopic (exact) mass is 471 g/mol. The zero-order valence-corrected chi connectivity index (χ0v) is 18.5. The van der Waals surface area contributed by atoms with Crippen LogP contribution in [0.1, 0.15) is 16.1 Å². The number of hydrogen-bond acceptors (Lipinski definition) is 7. The van der Waals surface area contributed by atoms with Crippen molar-refractivity contribution in [1.82, 2.24) is 4.98 Å². The Kier molecular flexibility index (Phi) is 6.31. The van der Waals surface area contributed by atoms with E-state index in [9.17, 15) is 13.2 Å². The summed E-state index contributed by atoms with van der Waals surface area (Å²) in [5.74, 6) is 0.147. The maximum Gasteiger partial charge on any atom is 0.271 e. The minimum absolute atomic E-state index is 0.193. The normalized spacial score (nSPS) is 11.1. The van der Waals surface area contributed by atoms with Crippen LogP contribution in [0.4, 0.5) is 11.4 Å². The van der Waals surface area contributed by atoms with Crippen molar-refractivity contribution in [3.8, 4) is 5.75 Å². The van der Waals surface area contributed by atoms with Crippen molar-refractivity contribution in [3.05, 3.63) is 88.2 Å². The average Bonchev–Trinajstić information content (AvgIpc) is 3.48. The summed E-state index contributed by atoms with van der Waals surface area (Å²) >= 11 is 2.60. The highest BCUT2D eigenvalue weighted by Crippen LogP contribution is 2.27. The van der Waals surface area contributed by atoms with Crippen molar-refractivity contribution < 1.29 is 17.9 Å². The van der Waals surface area contributed by atoms with Gasteiger partial charge in [0.2, 0.25) is 0 Å². The third-order valence-electron chi connectivity index (χ3n) is 4.15. The number of rotatable bonds is 8. The Hall–Kier alpha value is -3.21. The number of nitrogens with zero attached hydrogens (tertiary/aromatic N) is 1. The van der Waals surface area contributed by atoms with E-state index in [4.69, 9.17) is 4.74 Å². The molecule has 2 heterocycles. The Morgan fingerprint density at radius 1 is 1.03 bits per heavy atom. The van der Waals surface area contributed by atoms with Gasteiger partial charge < -0.3 is 10.1 Å². The van der Waals surface area contributed by atoms with Crippen LogP contribution in [0, 0.1) is 0 Å². The molecule has 0 aliphatic carbocycles. The number of sulfonamides is 1. The highest BCUT2D eigenvalue weighted by molar-refractivity contribution is 7.94. The summed E-state index contributed by atoms with van der Waals surface area (Å²) in [6.45, 7) is 0.307. The zero-order valence-electron chi connectivity index (χ0n) is 16.0. The number of thiophene rings is 1. The third-order valence-corrected chi connectivity index (χ3v) is 7.54. The van der Waals surface area contributed by atoms with E-state index in [-0.39, 0.29) is 15.8 Å². The Bertz CT molecular complexity index is 1270. The van der Waals surface area contributed by atoms with Gasteiger partial charge in [0.05, 0.1) is 22.6 Å². The summed E-state index contributed by atoms with van der Waals surface area (Å²) in [6.07, 6.45) is 0. The molecule has 0 atom stereocenters. The summed E-state index contributed by atoms with van der Waals surface area (Å²) in [5.41, 5.74) is 3.55. The Morgan fingerprint density at radius 2 is 1.87 bits per heavy atom. The molecule has 0 spiro atoms. The minimum Gasteiger partial charge on any atom is -0.487 e. The second-order valence-electron chi connectivity index (χ2n) is 6.33. The predicted octanol–water partition coefficient (Wildman–Crippen LogP) is 4.84. The van der Waals surface area contributed by atoms with Gasteiger partial charge in [-0.25, -0.2) is 13.4 Å². The Balaban J connectivity index is 1.48. The first-order chi connectivity index (χ1) is 15.0. The van der Waals surface area contributed by atoms with E-state index < -0.39 is 10.0 Å². The fourth-order valence-corrected chi connectivity index (χ4v) is 5.30. The quantitative estimate of drug-likeness (QED) is 0.383. The molecular weight excluding hydrogens is 454 g/mol. The van der Waals surface area contributed by atoms with Crippen LogP contribution in [-0.2, 0) is 16.6 Å². The molecule has 1 amide bonds. The van der Waals surface area contributed by atoms with Crippen molar-refractivity contribution in [2.24, 2.45) is 0 Å². The molecule has 2 aromatic carbocycles. The Morgan fingerprint density at radius 3 is 2.61 bits per heavy atom. The van der Waals surface area contributed by atoms with Crippen LogP contribution in [0.15, 0.2) is 81.1 Å². The van der Waals surface area contributed by atoms with Crippen LogP contribution in [-0.4, -0.2) is 19.3 Å². The fraction of sp³-hybridized carbons (Fsp3) is 0.0476. The first-order valence-electron chi connectivity index (χ1n) is 9.08. The van der Waals surface area contributed by atoms with E-state index in [0.29, 0.717) is 23.6 Å². The molecule has 4 aromatic rings. The number of hydrogen-bond donors (Lipinski definition) is 2. The van der Waals surface area contributed by atoms with Gasteiger partial charge in [-0.2, -0.15) is 0 Å². The number of nitrogens with one attached hydrogen (secondary N) is 2. The van der Waals surface area contributed by atoms with Crippen LogP contribution in [0.5, 0.6) is 5.75 Å². The molecule has 2 aromatic heterocycles. The van der Waals surface area contributed by atoms with E-state index in [1.807, 2.05) is 5.38 Å². The third kappa shape index (κ3) is 5.29. The van der Waals surface area contributed by atoms with Crippen LogP contribution >= 0.6 is 22.7 Å². The molecule has 31 heavy (non-hydrogen) atoms. The molecule has 7 nitrogen and oxygen atoms in total. The molecule has 2 N–H and O–H groups in total. The van der Waals surface area contributed by atoms with Gasteiger partial charge in [0.25, 0.3) is 15.9 Å². The standard InChI is InChI=1S/C21H17N3O4S3/c25-21(15-5-3-6-17(11-15)28-12-16-13-29-14-22-16)23-18-7-1-2-8-19(18)24-31(26,27)20-9-4-10-30-20/h1-11,13-14,24H,12H2,(H,23,25). The number of anilines is 2. The van der Waals surface area contributed by atoms with Gasteiger partial charge in [-0.05, 0) is 41.8 Å². The highest BCUT2D eigenvalue weighted by Gasteiger charge is 2.18. The van der Waals surface area contributed by atoms with E-state index >= 15 is 0 Å². The van der Waals surface area contributed by atoms with E-state index in [2.05, 4.69) is 15.0 Å². The van der Waals surface area contributed by atoms with Gasteiger partial charge in [0.15, 0.2) is 0 Å². The number of carbonyl (C=O) groups excluding carboxylic acids is 1. The lowest BCUT2D eigenvalue weighted by atomic mass is 10.2. The van der Waals surface area contributed by atoms with Gasteiger partial charge in [-0.3, -0.25) is 9.52 Å². The molecule has 0 fully saturated rings. The lowest BCUT2D eigenvalue weighted by Crippen LogP contribution is -2.16. The lowest BCUT2D eigenvalue weighted by Gasteiger charge is -2.13. The number of para-hydroxylation sites is 2. The summed E-state index contributed by atoms with van der Waals surface area (Å²) < 4.78 is 33.5. The molecule has 0 aliphatic rings. The van der Waals surface area contributed by atoms with Crippen molar-refractivity contribution in [1.29, 1.82) is 0 Å². The van der Waals surface area contributed by atoms with Gasteiger partial charge in [0, 0.05) is 10.9 Å². The number of aromatic nitrogens is 1. The van der Waals surface area contributed by atoms with Crippen molar-refractivity contribution in [2.75, 3.05) is 10.0 Å². The van der Waals surface area contributed by atoms with Crippen molar-refractivity contribution >= 4 is 50.0 Å². The second kappa shape index (κ2) is 9.29. The molecule has 158 valence electrons. The topological polar surface area (TPSA) is 97.4 Å². The summed E-state index contributed by atoms with van der Waals surface area (Å²) in [6, 6.07) is 16.6. The van der Waals surface area contributed by atoms with Gasteiger partial charge in [-0.15, -0.1) is 22.7 Å². The number of thiazole rings is 1. The molecule has 10 heteroatoms. The van der Waals surface area contributed by atoms with E-state index in [1.165, 1.54) is 17.4 Å². The van der Waals surface area contributed by atoms with Crippen molar-refractivity contribution in [2.45, 2.75) is 10.8 Å². The van der Waals surface area contributed by atoms with E-state index in [1.54, 1.807) is 65.5 Å². The van der Waals surface area contributed by atoms with Gasteiger partial charge in [0.1, 0.15) is 16.6 Å². The maximum atomic E-state index is 12.8. The molecule has 0 unspecified atom stereocenters. The summed E-state index contributed by atoms with van der Waals surface area (Å²) in [4.78, 5) is 17.0. The van der Waals surface area contributed by atoms with Crippen LogP contribution in [0.3, 0.4) is 0 Å². The number of benzene rings is 2. The molecule has 0 saturated carbocycles. The molecule has 4 rings (SSSR count). The number of amides is 1. The molecular formula is C21H17N3O4S3. The average molecular weight is 472 g/mol. The SMILES string of the molecule is O=C(Nc1ccccc1NS(=O)(=O)c1cccs1)c1cccc(OCc2cscn2)c1. The maximum absolute atomic E-state index is 12.8. The minimum atomic E-state index is -3.74. The lowest BCUT2D eigenvalue weighted by molar-refractivity contribution is 0.102. The largest absolute Gasteiger partial charge is 0.487 e. The van der Waals surface area contributed by atoms with Gasteiger partial charge in [-0.1, -0.05) is 24.3 Å². The molecule has 0 aliphatic heterocycles. The van der Waals surface area contributed by atoms with Crippen molar-refractivity contribution in [3.63, 3.8) is 0 Å². The fourth-order valence-electron chi connectivity index (χ4n) is 2.68. The first kappa shape index (κ1) is 21.0. The number of ether oxygens (including phenoxy) is 1. The summed E-state index contributed by atoms with van der Waals surface area (Å²) in [7, 11) is -3.74. The van der Waals surface area contributed by atoms with Crippen LogP contribution in [0.25, 0.3) is 0 Å². The smallest absolute Gasteiger partial charge is 0.271 e. The second-order valence-corrected chi connectivity index (χ2v) is 9.91. The predicted molar refractivity (Wildman–Crippen MR) is 122 cm³/mol. The number of carbonyl (C=O) groups is 1. The molecule has 0 radical (unpaired) electrons. The van der Waals surface area contributed by atoms with Crippen LogP contribution in [0.2, 0.25) is 0 Å². The van der Waals surface area contributed by atoms with E-state index in [0.717, 1.165) is 17.0 Å². The Labute approximate surface area is 187 Å². The van der Waals surface area contributed by atoms with Crippen LogP contribution < -0.4 is 14.8 Å². The molecule has 0 bridgehead atoms. The molecule has 0 saturated heterocycles. The highest BCUT2D eigenvalue weighted by atomic mass is 32.2. The van der Waals surface area contributed by atoms with Gasteiger partial charge >= 0.3 is 0 Å². The summed E-state index contributed by atoms with van der Waals surface area (Å²) in [5, 5.41) is 6.34. The first-order valence-corrected chi connectivity index (χ1v) is 12.4.